The summed E-state index contributed by atoms with van der Waals surface area (Å²) in [5, 5.41) is 0.583. The quantitative estimate of drug-likeness (QED) is 0.771. The molecule has 3 aromatic rings. The van der Waals surface area contributed by atoms with Gasteiger partial charge in [0.25, 0.3) is 5.56 Å². The highest BCUT2D eigenvalue weighted by Crippen LogP contribution is 2.17. The van der Waals surface area contributed by atoms with Crippen LogP contribution in [0.3, 0.4) is 0 Å². The molecule has 0 radical (unpaired) electrons. The molecule has 0 fully saturated rings. The molecule has 3 rings (SSSR count). The van der Waals surface area contributed by atoms with E-state index in [1.54, 1.807) is 6.07 Å². The van der Waals surface area contributed by atoms with Gasteiger partial charge in [-0.3, -0.25) is 4.79 Å². The van der Waals surface area contributed by atoms with Crippen LogP contribution in [0.2, 0.25) is 0 Å². The Bertz CT molecular complexity index is 823. The molecule has 1 aromatic carbocycles. The van der Waals surface area contributed by atoms with Crippen LogP contribution in [0.1, 0.15) is 0 Å². The van der Waals surface area contributed by atoms with Crippen molar-refractivity contribution in [1.29, 1.82) is 0 Å². The van der Waals surface area contributed by atoms with Gasteiger partial charge < -0.3 is 9.88 Å². The lowest BCUT2D eigenvalue weighted by Crippen LogP contribution is -2.12. The molecule has 5 nitrogen and oxygen atoms in total. The molecular weight excluding hydrogens is 252 g/mol. The first-order chi connectivity index (χ1) is 9.65. The van der Waals surface area contributed by atoms with Gasteiger partial charge in [-0.1, -0.05) is 18.2 Å². The first kappa shape index (κ1) is 12.3. The van der Waals surface area contributed by atoms with Crippen LogP contribution < -0.4 is 10.5 Å². The maximum Gasteiger partial charge on any atom is 0.259 e. The van der Waals surface area contributed by atoms with Gasteiger partial charge in [0.05, 0.1) is 10.9 Å². The third-order valence-electron chi connectivity index (χ3n) is 3.05. The Morgan fingerprint density at radius 2 is 1.80 bits per heavy atom. The second kappa shape index (κ2) is 4.77. The van der Waals surface area contributed by atoms with Crippen LogP contribution in [0.4, 0.5) is 5.82 Å². The fourth-order valence-corrected chi connectivity index (χ4v) is 2.01. The number of nitrogens with zero attached hydrogens (tertiary/aromatic N) is 3. The van der Waals surface area contributed by atoms with E-state index in [1.807, 2.05) is 55.4 Å². The molecule has 0 aliphatic rings. The Kier molecular flexibility index (Phi) is 2.95. The largest absolute Gasteiger partial charge is 0.363 e. The van der Waals surface area contributed by atoms with Gasteiger partial charge in [-0.05, 0) is 24.3 Å². The number of aromatic amines is 1. The Labute approximate surface area is 115 Å². The van der Waals surface area contributed by atoms with Gasteiger partial charge in [-0.2, -0.15) is 0 Å². The minimum absolute atomic E-state index is 0.150. The van der Waals surface area contributed by atoms with Crippen molar-refractivity contribution in [3.63, 3.8) is 0 Å². The second-order valence-electron chi connectivity index (χ2n) is 4.71. The summed E-state index contributed by atoms with van der Waals surface area (Å²) in [6.45, 7) is 0. The van der Waals surface area contributed by atoms with Crippen LogP contribution >= 0.6 is 0 Å². The number of benzene rings is 1. The molecule has 100 valence electrons. The SMILES string of the molecule is CN(C)c1cccc(-c2nc3ccccc3c(=O)[nH]2)n1. The molecule has 5 heteroatoms. The standard InChI is InChI=1S/C15H14N4O/c1-19(2)13-9-5-8-12(16-13)14-17-11-7-4-3-6-10(11)15(20)18-14/h3-9H,1-2H3,(H,17,18,20). The molecular formula is C15H14N4O. The molecule has 0 spiro atoms. The summed E-state index contributed by atoms with van der Waals surface area (Å²) in [5.41, 5.74) is 1.17. The number of hydrogen-bond acceptors (Lipinski definition) is 4. The summed E-state index contributed by atoms with van der Waals surface area (Å²) in [6.07, 6.45) is 0. The minimum atomic E-state index is -0.150. The summed E-state index contributed by atoms with van der Waals surface area (Å²) in [4.78, 5) is 25.7. The van der Waals surface area contributed by atoms with Crippen molar-refractivity contribution in [3.05, 3.63) is 52.8 Å². The van der Waals surface area contributed by atoms with E-state index in [4.69, 9.17) is 0 Å². The fraction of sp³-hybridized carbons (Fsp3) is 0.133. The molecule has 0 saturated heterocycles. The average molecular weight is 266 g/mol. The van der Waals surface area contributed by atoms with Crippen LogP contribution in [0.25, 0.3) is 22.4 Å². The smallest absolute Gasteiger partial charge is 0.259 e. The van der Waals surface area contributed by atoms with E-state index in [1.165, 1.54) is 0 Å². The average Bonchev–Trinajstić information content (AvgIpc) is 2.47. The summed E-state index contributed by atoms with van der Waals surface area (Å²) >= 11 is 0. The van der Waals surface area contributed by atoms with E-state index in [0.717, 1.165) is 5.82 Å². The monoisotopic (exact) mass is 266 g/mol. The summed E-state index contributed by atoms with van der Waals surface area (Å²) in [7, 11) is 3.84. The van der Waals surface area contributed by atoms with Gasteiger partial charge in [0.2, 0.25) is 0 Å². The number of anilines is 1. The van der Waals surface area contributed by atoms with Crippen molar-refractivity contribution in [2.75, 3.05) is 19.0 Å². The lowest BCUT2D eigenvalue weighted by molar-refractivity contribution is 1.06. The lowest BCUT2D eigenvalue weighted by Gasteiger charge is -2.12. The number of pyridine rings is 1. The highest BCUT2D eigenvalue weighted by Gasteiger charge is 2.07. The summed E-state index contributed by atoms with van der Waals surface area (Å²) < 4.78 is 0. The lowest BCUT2D eigenvalue weighted by atomic mass is 10.2. The third kappa shape index (κ3) is 2.14. The van der Waals surface area contributed by atoms with Gasteiger partial charge >= 0.3 is 0 Å². The predicted octanol–water partition coefficient (Wildman–Crippen LogP) is 2.05. The minimum Gasteiger partial charge on any atom is -0.363 e. The molecule has 2 heterocycles. The van der Waals surface area contributed by atoms with Crippen molar-refractivity contribution < 1.29 is 0 Å². The van der Waals surface area contributed by atoms with E-state index in [2.05, 4.69) is 15.0 Å². The Morgan fingerprint density at radius 1 is 1.00 bits per heavy atom. The topological polar surface area (TPSA) is 61.9 Å². The number of hydrogen-bond donors (Lipinski definition) is 1. The molecule has 0 unspecified atom stereocenters. The molecule has 2 aromatic heterocycles. The number of rotatable bonds is 2. The molecule has 0 amide bonds. The second-order valence-corrected chi connectivity index (χ2v) is 4.71. The third-order valence-corrected chi connectivity index (χ3v) is 3.05. The Morgan fingerprint density at radius 3 is 2.60 bits per heavy atom. The van der Waals surface area contributed by atoms with E-state index in [0.29, 0.717) is 22.4 Å². The molecule has 0 aliphatic heterocycles. The molecule has 0 saturated carbocycles. The number of para-hydroxylation sites is 1. The van der Waals surface area contributed by atoms with E-state index >= 15 is 0 Å². The van der Waals surface area contributed by atoms with Crippen LogP contribution in [0.5, 0.6) is 0 Å². The zero-order chi connectivity index (χ0) is 14.1. The maximum absolute atomic E-state index is 12.1. The Balaban J connectivity index is 2.20. The molecule has 0 aliphatic carbocycles. The van der Waals surface area contributed by atoms with Gasteiger partial charge in [-0.15, -0.1) is 0 Å². The van der Waals surface area contributed by atoms with Crippen molar-refractivity contribution in [2.45, 2.75) is 0 Å². The van der Waals surface area contributed by atoms with Crippen LogP contribution in [0.15, 0.2) is 47.3 Å². The summed E-state index contributed by atoms with van der Waals surface area (Å²) in [6, 6.07) is 12.9. The Hall–Kier alpha value is -2.69. The predicted molar refractivity (Wildman–Crippen MR) is 79.9 cm³/mol. The van der Waals surface area contributed by atoms with Crippen LogP contribution in [-0.4, -0.2) is 29.0 Å². The molecule has 0 atom stereocenters. The highest BCUT2D eigenvalue weighted by atomic mass is 16.1. The first-order valence-corrected chi connectivity index (χ1v) is 6.29. The highest BCUT2D eigenvalue weighted by molar-refractivity contribution is 5.78. The molecule has 20 heavy (non-hydrogen) atoms. The summed E-state index contributed by atoms with van der Waals surface area (Å²) in [5.74, 6) is 1.30. The van der Waals surface area contributed by atoms with Gasteiger partial charge in [0, 0.05) is 14.1 Å². The number of nitrogens with one attached hydrogen (secondary N) is 1. The number of fused-ring (bicyclic) bond motifs is 1. The van der Waals surface area contributed by atoms with Crippen LogP contribution in [-0.2, 0) is 0 Å². The number of H-pyrrole nitrogens is 1. The van der Waals surface area contributed by atoms with Gasteiger partial charge in [-0.25, -0.2) is 9.97 Å². The normalized spacial score (nSPS) is 10.7. The van der Waals surface area contributed by atoms with E-state index < -0.39 is 0 Å². The van der Waals surface area contributed by atoms with Crippen molar-refractivity contribution in [3.8, 4) is 11.5 Å². The fourth-order valence-electron chi connectivity index (χ4n) is 2.01. The zero-order valence-corrected chi connectivity index (χ0v) is 11.3. The van der Waals surface area contributed by atoms with Crippen LogP contribution in [0, 0.1) is 0 Å². The molecule has 0 bridgehead atoms. The van der Waals surface area contributed by atoms with E-state index in [9.17, 15) is 4.79 Å². The van der Waals surface area contributed by atoms with E-state index in [-0.39, 0.29) is 5.56 Å². The van der Waals surface area contributed by atoms with Gasteiger partial charge in [0.15, 0.2) is 5.82 Å². The van der Waals surface area contributed by atoms with Gasteiger partial charge in [0.1, 0.15) is 11.5 Å². The number of aromatic nitrogens is 3. The van der Waals surface area contributed by atoms with Crippen molar-refractivity contribution >= 4 is 16.7 Å². The molecule has 1 N–H and O–H groups in total. The zero-order valence-electron chi connectivity index (χ0n) is 11.3. The van der Waals surface area contributed by atoms with Crippen molar-refractivity contribution in [2.24, 2.45) is 0 Å². The van der Waals surface area contributed by atoms with Crippen molar-refractivity contribution in [1.82, 2.24) is 15.0 Å². The first-order valence-electron chi connectivity index (χ1n) is 6.29. The maximum atomic E-state index is 12.1.